The summed E-state index contributed by atoms with van der Waals surface area (Å²) < 4.78 is 6.56. The first-order chi connectivity index (χ1) is 9.66. The largest absolute Gasteiger partial charge is 0.431 e. The number of halogens is 1. The van der Waals surface area contributed by atoms with Gasteiger partial charge in [-0.25, -0.2) is 0 Å². The Hall–Kier alpha value is -0.870. The van der Waals surface area contributed by atoms with E-state index in [1.807, 2.05) is 17.5 Å². The van der Waals surface area contributed by atoms with Crippen LogP contribution in [0.3, 0.4) is 0 Å². The zero-order chi connectivity index (χ0) is 15.7. The maximum atomic E-state index is 5.75. The third-order valence-corrected chi connectivity index (χ3v) is 4.69. The van der Waals surface area contributed by atoms with Crippen molar-refractivity contribution in [2.45, 2.75) is 46.5 Å². The summed E-state index contributed by atoms with van der Waals surface area (Å²) in [6.07, 6.45) is 1.14. The van der Waals surface area contributed by atoms with Gasteiger partial charge < -0.3 is 4.74 Å². The average molecular weight is 368 g/mol. The molecule has 21 heavy (non-hydrogen) atoms. The van der Waals surface area contributed by atoms with Gasteiger partial charge in [-0.05, 0) is 50.9 Å². The van der Waals surface area contributed by atoms with Crippen molar-refractivity contribution >= 4 is 27.3 Å². The van der Waals surface area contributed by atoms with E-state index in [9.17, 15) is 0 Å². The fourth-order valence-corrected chi connectivity index (χ4v) is 3.89. The monoisotopic (exact) mass is 367 g/mol. The Bertz CT molecular complexity index is 596. The van der Waals surface area contributed by atoms with Gasteiger partial charge in [0.05, 0.1) is 0 Å². The van der Waals surface area contributed by atoms with E-state index < -0.39 is 0 Å². The molecule has 1 aromatic carbocycles. The quantitative estimate of drug-likeness (QED) is 0.622. The molecule has 114 valence electrons. The molecule has 2 nitrogen and oxygen atoms in total. The lowest BCUT2D eigenvalue weighted by Gasteiger charge is -2.33. The fraction of sp³-hybridized carbons (Fsp3) is 0.471. The number of nitrogens with zero attached hydrogens (tertiary/aromatic N) is 1. The van der Waals surface area contributed by atoms with Crippen LogP contribution in [-0.4, -0.2) is 4.98 Å². The smallest absolute Gasteiger partial charge is 0.279 e. The summed E-state index contributed by atoms with van der Waals surface area (Å²) >= 11 is 4.81. The molecule has 0 radical (unpaired) electrons. The third kappa shape index (κ3) is 4.82. The molecule has 1 heterocycles. The normalized spacial score (nSPS) is 12.5. The van der Waals surface area contributed by atoms with E-state index in [2.05, 4.69) is 67.7 Å². The SMILES string of the molecule is CC(C)(C)CC(C)(C)c1ccc(Oc2nc(Br)cs2)cc1. The maximum absolute atomic E-state index is 5.75. The van der Waals surface area contributed by atoms with Crippen molar-refractivity contribution in [1.82, 2.24) is 4.98 Å². The van der Waals surface area contributed by atoms with Gasteiger partial charge >= 0.3 is 0 Å². The summed E-state index contributed by atoms with van der Waals surface area (Å²) in [5.74, 6) is 0.826. The number of rotatable bonds is 4. The summed E-state index contributed by atoms with van der Waals surface area (Å²) in [6, 6.07) is 8.36. The molecule has 0 saturated heterocycles. The topological polar surface area (TPSA) is 22.1 Å². The molecule has 0 aliphatic carbocycles. The van der Waals surface area contributed by atoms with Crippen LogP contribution in [0.25, 0.3) is 0 Å². The van der Waals surface area contributed by atoms with Gasteiger partial charge in [0.15, 0.2) is 0 Å². The van der Waals surface area contributed by atoms with E-state index in [0.717, 1.165) is 16.8 Å². The fourth-order valence-electron chi connectivity index (χ4n) is 2.79. The van der Waals surface area contributed by atoms with Crippen molar-refractivity contribution in [2.24, 2.45) is 5.41 Å². The second-order valence-electron chi connectivity index (χ2n) is 7.18. The molecule has 2 aromatic rings. The number of ether oxygens (including phenoxy) is 1. The van der Waals surface area contributed by atoms with Gasteiger partial charge in [0.2, 0.25) is 0 Å². The number of aromatic nitrogens is 1. The van der Waals surface area contributed by atoms with E-state index in [1.54, 1.807) is 0 Å². The third-order valence-electron chi connectivity index (χ3n) is 3.27. The van der Waals surface area contributed by atoms with Crippen LogP contribution >= 0.6 is 27.3 Å². The van der Waals surface area contributed by atoms with E-state index in [1.165, 1.54) is 16.9 Å². The predicted octanol–water partition coefficient (Wildman–Crippen LogP) is 6.41. The first-order valence-corrected chi connectivity index (χ1v) is 8.72. The molecule has 0 fully saturated rings. The lowest BCUT2D eigenvalue weighted by Crippen LogP contribution is -2.24. The van der Waals surface area contributed by atoms with Crippen LogP contribution in [0, 0.1) is 5.41 Å². The summed E-state index contributed by atoms with van der Waals surface area (Å²) in [7, 11) is 0. The van der Waals surface area contributed by atoms with Crippen LogP contribution in [0.4, 0.5) is 0 Å². The highest BCUT2D eigenvalue weighted by Crippen LogP contribution is 2.37. The molecule has 0 unspecified atom stereocenters. The molecule has 0 aliphatic heterocycles. The summed E-state index contributed by atoms with van der Waals surface area (Å²) in [6.45, 7) is 11.4. The molecule has 1 aromatic heterocycles. The second-order valence-corrected chi connectivity index (χ2v) is 8.82. The van der Waals surface area contributed by atoms with Crippen molar-refractivity contribution in [3.8, 4) is 10.9 Å². The Kier molecular flexibility index (Phi) is 4.79. The Morgan fingerprint density at radius 2 is 1.71 bits per heavy atom. The van der Waals surface area contributed by atoms with E-state index in [4.69, 9.17) is 4.74 Å². The van der Waals surface area contributed by atoms with Crippen molar-refractivity contribution in [3.63, 3.8) is 0 Å². The average Bonchev–Trinajstić information content (AvgIpc) is 2.72. The van der Waals surface area contributed by atoms with Crippen LogP contribution in [0.5, 0.6) is 10.9 Å². The highest BCUT2D eigenvalue weighted by Gasteiger charge is 2.27. The second kappa shape index (κ2) is 6.09. The van der Waals surface area contributed by atoms with Crippen LogP contribution in [0.1, 0.15) is 46.6 Å². The molecular formula is C17H22BrNOS. The van der Waals surface area contributed by atoms with Crippen LogP contribution in [0.15, 0.2) is 34.2 Å². The van der Waals surface area contributed by atoms with Crippen molar-refractivity contribution in [3.05, 3.63) is 39.8 Å². The molecule has 0 bridgehead atoms. The molecule has 0 N–H and O–H groups in total. The number of thiazole rings is 1. The Morgan fingerprint density at radius 1 is 1.10 bits per heavy atom. The van der Waals surface area contributed by atoms with Gasteiger partial charge in [0.1, 0.15) is 10.4 Å². The molecular weight excluding hydrogens is 346 g/mol. The summed E-state index contributed by atoms with van der Waals surface area (Å²) in [4.78, 5) is 4.24. The van der Waals surface area contributed by atoms with Gasteiger partial charge in [0, 0.05) is 5.38 Å². The highest BCUT2D eigenvalue weighted by atomic mass is 79.9. The first-order valence-electron chi connectivity index (χ1n) is 7.05. The minimum atomic E-state index is 0.154. The number of hydrogen-bond acceptors (Lipinski definition) is 3. The summed E-state index contributed by atoms with van der Waals surface area (Å²) in [5, 5.41) is 2.57. The maximum Gasteiger partial charge on any atom is 0.279 e. The van der Waals surface area contributed by atoms with Gasteiger partial charge in [-0.15, -0.1) is 0 Å². The lowest BCUT2D eigenvalue weighted by atomic mass is 9.72. The molecule has 0 atom stereocenters. The van der Waals surface area contributed by atoms with Crippen LogP contribution < -0.4 is 4.74 Å². The van der Waals surface area contributed by atoms with E-state index in [-0.39, 0.29) is 5.41 Å². The van der Waals surface area contributed by atoms with Crippen molar-refractivity contribution < 1.29 is 4.74 Å². The standard InChI is InChI=1S/C17H22BrNOS/c1-16(2,3)11-17(4,5)12-6-8-13(9-7-12)20-15-19-14(18)10-21-15/h6-10H,11H2,1-5H3. The molecule has 0 saturated carbocycles. The molecule has 4 heteroatoms. The van der Waals surface area contributed by atoms with Crippen molar-refractivity contribution in [1.29, 1.82) is 0 Å². The highest BCUT2D eigenvalue weighted by molar-refractivity contribution is 9.10. The lowest BCUT2D eigenvalue weighted by molar-refractivity contribution is 0.284. The molecule has 2 rings (SSSR count). The Balaban J connectivity index is 2.11. The zero-order valence-corrected chi connectivity index (χ0v) is 15.6. The van der Waals surface area contributed by atoms with Gasteiger partial charge in [0.25, 0.3) is 5.19 Å². The predicted molar refractivity (Wildman–Crippen MR) is 93.4 cm³/mol. The Morgan fingerprint density at radius 3 is 2.19 bits per heavy atom. The van der Waals surface area contributed by atoms with Crippen LogP contribution in [0.2, 0.25) is 0 Å². The molecule has 0 spiro atoms. The number of benzene rings is 1. The van der Waals surface area contributed by atoms with E-state index >= 15 is 0 Å². The van der Waals surface area contributed by atoms with E-state index in [0.29, 0.717) is 10.6 Å². The first kappa shape index (κ1) is 16.5. The van der Waals surface area contributed by atoms with Gasteiger partial charge in [-0.3, -0.25) is 0 Å². The molecule has 0 amide bonds. The number of hydrogen-bond donors (Lipinski definition) is 0. The minimum absolute atomic E-state index is 0.154. The van der Waals surface area contributed by atoms with Gasteiger partial charge in [-0.2, -0.15) is 4.98 Å². The van der Waals surface area contributed by atoms with Gasteiger partial charge in [-0.1, -0.05) is 58.1 Å². The minimum Gasteiger partial charge on any atom is -0.431 e. The van der Waals surface area contributed by atoms with Crippen molar-refractivity contribution in [2.75, 3.05) is 0 Å². The Labute approximate surface area is 139 Å². The van der Waals surface area contributed by atoms with Crippen LogP contribution in [-0.2, 0) is 5.41 Å². The molecule has 0 aliphatic rings. The zero-order valence-electron chi connectivity index (χ0n) is 13.2. The summed E-state index contributed by atoms with van der Waals surface area (Å²) in [5.41, 5.74) is 1.80.